The molecular formula is C27H36O8. The molecule has 0 radical (unpaired) electrons. The zero-order chi connectivity index (χ0) is 25.5. The average Bonchev–Trinajstić information content (AvgIpc) is 2.78. The molecule has 2 aliphatic rings. The number of hydrogen-bond donors (Lipinski definition) is 4. The average molecular weight is 489 g/mol. The highest BCUT2D eigenvalue weighted by atomic mass is 16.6. The van der Waals surface area contributed by atoms with E-state index >= 15 is 0 Å². The Balaban J connectivity index is 1.67. The van der Waals surface area contributed by atoms with Crippen molar-refractivity contribution in [1.29, 1.82) is 0 Å². The number of ether oxygens (including phenoxy) is 2. The monoisotopic (exact) mass is 488 g/mol. The van der Waals surface area contributed by atoms with Crippen LogP contribution in [0.1, 0.15) is 46.0 Å². The molecule has 35 heavy (non-hydrogen) atoms. The van der Waals surface area contributed by atoms with E-state index in [4.69, 9.17) is 14.6 Å². The quantitative estimate of drug-likeness (QED) is 0.350. The van der Waals surface area contributed by atoms with Gasteiger partial charge in [0.25, 0.3) is 0 Å². The van der Waals surface area contributed by atoms with Gasteiger partial charge < -0.3 is 29.9 Å². The maximum atomic E-state index is 12.9. The summed E-state index contributed by atoms with van der Waals surface area (Å²) >= 11 is 0. The molecule has 0 aromatic heterocycles. The van der Waals surface area contributed by atoms with Gasteiger partial charge in [0.1, 0.15) is 11.9 Å². The Morgan fingerprint density at radius 2 is 1.86 bits per heavy atom. The van der Waals surface area contributed by atoms with Crippen molar-refractivity contribution >= 4 is 11.9 Å². The minimum absolute atomic E-state index is 0.0118. The lowest BCUT2D eigenvalue weighted by Gasteiger charge is -2.43. The molecule has 0 heterocycles. The van der Waals surface area contributed by atoms with Crippen molar-refractivity contribution in [2.45, 2.75) is 76.5 Å². The normalized spacial score (nSPS) is 28.3. The van der Waals surface area contributed by atoms with Crippen LogP contribution in [0.3, 0.4) is 0 Å². The van der Waals surface area contributed by atoms with Gasteiger partial charge in [-0.2, -0.15) is 0 Å². The fraction of sp³-hybridized carbons (Fsp3) is 0.556. The number of carboxylic acids is 1. The van der Waals surface area contributed by atoms with Crippen molar-refractivity contribution < 1.29 is 39.5 Å². The Morgan fingerprint density at radius 1 is 1.14 bits per heavy atom. The first-order chi connectivity index (χ1) is 16.6. The molecule has 8 nitrogen and oxygen atoms in total. The maximum absolute atomic E-state index is 12.9. The Labute approximate surface area is 205 Å². The van der Waals surface area contributed by atoms with Crippen molar-refractivity contribution in [3.05, 3.63) is 54.1 Å². The third-order valence-corrected chi connectivity index (χ3v) is 6.82. The number of aliphatic carboxylic acids is 1. The summed E-state index contributed by atoms with van der Waals surface area (Å²) in [5.41, 5.74) is 0.904. The van der Waals surface area contributed by atoms with E-state index in [2.05, 4.69) is 13.0 Å². The third kappa shape index (κ3) is 7.65. The van der Waals surface area contributed by atoms with Crippen LogP contribution in [-0.4, -0.2) is 62.9 Å². The number of fused-ring (bicyclic) bond motifs is 1. The van der Waals surface area contributed by atoms with Gasteiger partial charge in [-0.05, 0) is 55.7 Å². The molecule has 8 atom stereocenters. The molecule has 3 rings (SSSR count). The van der Waals surface area contributed by atoms with Crippen molar-refractivity contribution in [3.63, 3.8) is 0 Å². The fourth-order valence-electron chi connectivity index (χ4n) is 5.08. The molecule has 0 aliphatic heterocycles. The number of aliphatic hydroxyl groups excluding tert-OH is 3. The summed E-state index contributed by atoms with van der Waals surface area (Å²) in [6, 6.07) is 9.01. The van der Waals surface area contributed by atoms with Crippen LogP contribution in [0.2, 0.25) is 0 Å². The van der Waals surface area contributed by atoms with Crippen LogP contribution in [0.25, 0.3) is 0 Å². The molecule has 0 bridgehead atoms. The lowest BCUT2D eigenvalue weighted by atomic mass is 9.66. The molecule has 4 N–H and O–H groups in total. The lowest BCUT2D eigenvalue weighted by Crippen LogP contribution is -2.44. The highest BCUT2D eigenvalue weighted by Crippen LogP contribution is 2.44. The number of carbonyl (C=O) groups is 2. The minimum atomic E-state index is -1.11. The summed E-state index contributed by atoms with van der Waals surface area (Å²) in [7, 11) is 0. The van der Waals surface area contributed by atoms with E-state index in [-0.39, 0.29) is 30.6 Å². The van der Waals surface area contributed by atoms with Crippen molar-refractivity contribution in [3.8, 4) is 5.75 Å². The van der Waals surface area contributed by atoms with Gasteiger partial charge in [-0.3, -0.25) is 4.79 Å². The van der Waals surface area contributed by atoms with Crippen LogP contribution in [-0.2, 0) is 14.3 Å². The minimum Gasteiger partial charge on any atom is -0.481 e. The van der Waals surface area contributed by atoms with Crippen LogP contribution in [0.15, 0.2) is 54.1 Å². The number of carboxylic acid groups (broad SMARTS) is 1. The maximum Gasteiger partial charge on any atom is 0.347 e. The molecule has 0 amide bonds. The van der Waals surface area contributed by atoms with Gasteiger partial charge in [-0.25, -0.2) is 4.79 Å². The SMILES string of the molecule is C[C@H](Oc1ccccc1)C(=O)O[C@H]1C[C@H](O)C=C2C=C[C@@H](C)[C@H](CC[C@@H](O)C[C@@H](O)CC(=O)O)[C@H]21. The zero-order valence-electron chi connectivity index (χ0n) is 20.2. The molecule has 0 fully saturated rings. The number of carbonyl (C=O) groups excluding carboxylic acids is 1. The second kappa shape index (κ2) is 12.3. The number of rotatable bonds is 11. The molecule has 1 aromatic rings. The summed E-state index contributed by atoms with van der Waals surface area (Å²) in [5.74, 6) is -1.03. The molecule has 0 saturated heterocycles. The van der Waals surface area contributed by atoms with Crippen LogP contribution >= 0.6 is 0 Å². The predicted octanol–water partition coefficient (Wildman–Crippen LogP) is 2.86. The topological polar surface area (TPSA) is 134 Å². The van der Waals surface area contributed by atoms with Crippen LogP contribution in [0.5, 0.6) is 5.75 Å². The zero-order valence-corrected chi connectivity index (χ0v) is 20.2. The Bertz CT molecular complexity index is 911. The largest absolute Gasteiger partial charge is 0.481 e. The van der Waals surface area contributed by atoms with E-state index in [1.165, 1.54) is 0 Å². The van der Waals surface area contributed by atoms with Gasteiger partial charge in [-0.1, -0.05) is 43.4 Å². The van der Waals surface area contributed by atoms with Gasteiger partial charge in [-0.15, -0.1) is 0 Å². The van der Waals surface area contributed by atoms with E-state index in [1.807, 2.05) is 24.3 Å². The molecule has 0 unspecified atom stereocenters. The van der Waals surface area contributed by atoms with Gasteiger partial charge in [0.15, 0.2) is 6.10 Å². The smallest absolute Gasteiger partial charge is 0.347 e. The number of aliphatic hydroxyl groups is 3. The van der Waals surface area contributed by atoms with Gasteiger partial charge in [0.2, 0.25) is 0 Å². The summed E-state index contributed by atoms with van der Waals surface area (Å²) in [6.07, 6.45) is 2.57. The second-order valence-corrected chi connectivity index (χ2v) is 9.64. The predicted molar refractivity (Wildman–Crippen MR) is 129 cm³/mol. The van der Waals surface area contributed by atoms with E-state index < -0.39 is 48.9 Å². The van der Waals surface area contributed by atoms with E-state index in [0.717, 1.165) is 5.57 Å². The highest BCUT2D eigenvalue weighted by molar-refractivity contribution is 5.75. The van der Waals surface area contributed by atoms with Crippen molar-refractivity contribution in [2.24, 2.45) is 17.8 Å². The van der Waals surface area contributed by atoms with Gasteiger partial charge in [0.05, 0.1) is 24.7 Å². The summed E-state index contributed by atoms with van der Waals surface area (Å²) < 4.78 is 11.6. The number of benzene rings is 1. The van der Waals surface area contributed by atoms with Crippen molar-refractivity contribution in [1.82, 2.24) is 0 Å². The Kier molecular flexibility index (Phi) is 9.48. The Morgan fingerprint density at radius 3 is 2.54 bits per heavy atom. The van der Waals surface area contributed by atoms with Crippen molar-refractivity contribution in [2.75, 3.05) is 0 Å². The highest BCUT2D eigenvalue weighted by Gasteiger charge is 2.42. The molecule has 8 heteroatoms. The Hall–Kier alpha value is -2.68. The summed E-state index contributed by atoms with van der Waals surface area (Å²) in [6.45, 7) is 3.69. The first-order valence-corrected chi connectivity index (χ1v) is 12.2. The first-order valence-electron chi connectivity index (χ1n) is 12.2. The third-order valence-electron chi connectivity index (χ3n) is 6.82. The summed E-state index contributed by atoms with van der Waals surface area (Å²) in [4.78, 5) is 23.6. The number of hydrogen-bond acceptors (Lipinski definition) is 7. The molecule has 1 aromatic carbocycles. The first kappa shape index (κ1) is 26.9. The van der Waals surface area contributed by atoms with E-state index in [9.17, 15) is 24.9 Å². The van der Waals surface area contributed by atoms with Crippen LogP contribution < -0.4 is 4.74 Å². The van der Waals surface area contributed by atoms with E-state index in [0.29, 0.717) is 18.6 Å². The molecule has 192 valence electrons. The molecule has 0 saturated carbocycles. The number of allylic oxidation sites excluding steroid dienone is 2. The van der Waals surface area contributed by atoms with E-state index in [1.54, 1.807) is 25.1 Å². The van der Waals surface area contributed by atoms with Crippen LogP contribution in [0, 0.1) is 17.8 Å². The molecule has 2 aliphatic carbocycles. The molecular weight excluding hydrogens is 452 g/mol. The molecule has 0 spiro atoms. The number of para-hydroxylation sites is 1. The summed E-state index contributed by atoms with van der Waals surface area (Å²) in [5, 5.41) is 39.4. The standard InChI is InChI=1S/C27H36O8/c1-16-8-9-18-12-20(29)14-24(35-27(33)17(2)34-22-6-4-3-5-7-22)26(18)23(16)11-10-19(28)13-21(30)15-25(31)32/h3-9,12,16-17,19-21,23-24,26,28-30H,10-11,13-15H2,1-2H3,(H,31,32)/t16-,17+,19-,20-,21-,23+,24+,26+/m1/s1. The second-order valence-electron chi connectivity index (χ2n) is 9.64. The fourth-order valence-corrected chi connectivity index (χ4v) is 5.08. The lowest BCUT2D eigenvalue weighted by molar-refractivity contribution is -0.162. The number of esters is 1. The van der Waals surface area contributed by atoms with Crippen LogP contribution in [0.4, 0.5) is 0 Å². The van der Waals surface area contributed by atoms with Gasteiger partial charge >= 0.3 is 11.9 Å². The van der Waals surface area contributed by atoms with Gasteiger partial charge in [0, 0.05) is 12.3 Å².